The molecule has 0 aromatic heterocycles. The van der Waals surface area contributed by atoms with Gasteiger partial charge < -0.3 is 0 Å². The van der Waals surface area contributed by atoms with Crippen LogP contribution in [0, 0.1) is 0 Å². The van der Waals surface area contributed by atoms with E-state index in [1.54, 1.807) is 6.09 Å². The van der Waals surface area contributed by atoms with Crippen LogP contribution in [0.25, 0.3) is 0 Å². The first kappa shape index (κ1) is 4.73. The van der Waals surface area contributed by atoms with Gasteiger partial charge in [0.1, 0.15) is 0 Å². The van der Waals surface area contributed by atoms with Gasteiger partial charge in [-0.05, 0) is 0 Å². The van der Waals surface area contributed by atoms with Crippen molar-refractivity contribution in [1.29, 1.82) is 0 Å². The standard InChI is InChI=1S/C3H8BN/c1-2-4-3-5/h3H,2,5H2,1H3. The second-order valence-corrected chi connectivity index (χ2v) is 0.836. The zero-order valence-electron chi connectivity index (χ0n) is 3.44. The van der Waals surface area contributed by atoms with Gasteiger partial charge in [-0.25, -0.2) is 0 Å². The number of rotatable bonds is 1. The molecule has 1 nitrogen and oxygen atoms in total. The van der Waals surface area contributed by atoms with E-state index in [0.717, 1.165) is 6.32 Å². The summed E-state index contributed by atoms with van der Waals surface area (Å²) >= 11 is 0. The molecule has 0 bridgehead atoms. The Kier molecular flexibility index (Phi) is 3.54. The van der Waals surface area contributed by atoms with Crippen LogP contribution in [0.3, 0.4) is 0 Å². The summed E-state index contributed by atoms with van der Waals surface area (Å²) in [5.74, 6) is 0. The van der Waals surface area contributed by atoms with Gasteiger partial charge in [0, 0.05) is 0 Å². The van der Waals surface area contributed by atoms with Gasteiger partial charge in [0.2, 0.25) is 0 Å². The Hall–Kier alpha value is -0.265. The van der Waals surface area contributed by atoms with Gasteiger partial charge in [-0.3, -0.25) is 0 Å². The van der Waals surface area contributed by atoms with Crippen molar-refractivity contribution in [2.45, 2.75) is 13.2 Å². The summed E-state index contributed by atoms with van der Waals surface area (Å²) in [6.45, 7) is 3.95. The maximum atomic E-state index is 4.96. The first-order valence-corrected chi connectivity index (χ1v) is 1.78. The van der Waals surface area contributed by atoms with E-state index in [2.05, 4.69) is 0 Å². The molecule has 0 heterocycles. The molecule has 0 unspecified atom stereocenters. The third kappa shape index (κ3) is 3.73. The first-order valence-electron chi connectivity index (χ1n) is 1.78. The molecule has 0 aromatic carbocycles. The fourth-order valence-corrected chi connectivity index (χ4v) is 0.136. The quantitative estimate of drug-likeness (QED) is 0.425. The van der Waals surface area contributed by atoms with Crippen molar-refractivity contribution in [2.75, 3.05) is 0 Å². The summed E-state index contributed by atoms with van der Waals surface area (Å²) in [5, 5.41) is 0. The zero-order chi connectivity index (χ0) is 4.12. The number of hydrogen-bond acceptors (Lipinski definition) is 1. The van der Waals surface area contributed by atoms with E-state index in [-0.39, 0.29) is 0 Å². The Morgan fingerprint density at radius 2 is 2.60 bits per heavy atom. The average molecular weight is 68.9 g/mol. The van der Waals surface area contributed by atoms with E-state index in [1.165, 1.54) is 0 Å². The third-order valence-corrected chi connectivity index (χ3v) is 0.372. The van der Waals surface area contributed by atoms with Crippen LogP contribution in [0.15, 0.2) is 0 Å². The van der Waals surface area contributed by atoms with E-state index >= 15 is 0 Å². The van der Waals surface area contributed by atoms with Crippen molar-refractivity contribution < 1.29 is 0 Å². The second kappa shape index (κ2) is 3.73. The van der Waals surface area contributed by atoms with Crippen molar-refractivity contribution in [1.82, 2.24) is 0 Å². The van der Waals surface area contributed by atoms with Gasteiger partial charge >= 0.3 is 32.0 Å². The van der Waals surface area contributed by atoms with Gasteiger partial charge in [0.05, 0.1) is 0 Å². The first-order chi connectivity index (χ1) is 2.41. The molecular formula is C3H8BN. The van der Waals surface area contributed by atoms with Crippen molar-refractivity contribution in [2.24, 2.45) is 5.73 Å². The summed E-state index contributed by atoms with van der Waals surface area (Å²) in [6.07, 6.45) is 2.59. The number of hydrogen-bond donors (Lipinski definition) is 1. The summed E-state index contributed by atoms with van der Waals surface area (Å²) in [4.78, 5) is 0. The van der Waals surface area contributed by atoms with Crippen molar-refractivity contribution in [3.05, 3.63) is 0 Å². The Morgan fingerprint density at radius 1 is 2.00 bits per heavy atom. The molecule has 0 radical (unpaired) electrons. The van der Waals surface area contributed by atoms with Crippen LogP contribution in [-0.2, 0) is 0 Å². The zero-order valence-corrected chi connectivity index (χ0v) is 3.44. The van der Waals surface area contributed by atoms with Crippen LogP contribution in [0.2, 0.25) is 6.32 Å². The Morgan fingerprint density at radius 3 is 2.60 bits per heavy atom. The molecule has 5 heavy (non-hydrogen) atoms. The van der Waals surface area contributed by atoms with E-state index in [1.807, 2.05) is 13.8 Å². The Bertz CT molecular complexity index is 33.9. The molecule has 28 valence electrons. The van der Waals surface area contributed by atoms with Crippen LogP contribution in [0.1, 0.15) is 6.92 Å². The van der Waals surface area contributed by atoms with Crippen LogP contribution in [0.5, 0.6) is 0 Å². The summed E-state index contributed by atoms with van der Waals surface area (Å²) < 4.78 is 0. The maximum absolute atomic E-state index is 4.96. The van der Waals surface area contributed by atoms with Crippen molar-refractivity contribution in [3.63, 3.8) is 0 Å². The predicted octanol–water partition coefficient (Wildman–Crippen LogP) is -0.153. The molecule has 0 spiro atoms. The minimum atomic E-state index is 1.04. The fourth-order valence-electron chi connectivity index (χ4n) is 0.136. The minimum absolute atomic E-state index is 1.04. The van der Waals surface area contributed by atoms with E-state index in [0.29, 0.717) is 0 Å². The molecular weight excluding hydrogens is 60.9 g/mol. The summed E-state index contributed by atoms with van der Waals surface area (Å²) in [7, 11) is 0. The van der Waals surface area contributed by atoms with Gasteiger partial charge in [-0.15, -0.1) is 0 Å². The monoisotopic (exact) mass is 69.1 g/mol. The fraction of sp³-hybridized carbons (Fsp3) is 0.667. The molecule has 0 rings (SSSR count). The molecule has 0 amide bonds. The summed E-state index contributed by atoms with van der Waals surface area (Å²) in [6, 6.07) is 0. The molecule has 2 heteroatoms. The van der Waals surface area contributed by atoms with Gasteiger partial charge in [0.15, 0.2) is 0 Å². The van der Waals surface area contributed by atoms with E-state index in [9.17, 15) is 0 Å². The normalized spacial score (nSPS) is 8.20. The van der Waals surface area contributed by atoms with Crippen LogP contribution in [0.4, 0.5) is 0 Å². The molecule has 0 aliphatic carbocycles. The van der Waals surface area contributed by atoms with E-state index < -0.39 is 0 Å². The molecule has 2 N–H and O–H groups in total. The SMILES string of the molecule is CCB=CN. The van der Waals surface area contributed by atoms with Crippen molar-refractivity contribution >= 4 is 13.0 Å². The Balaban J connectivity index is 2.62. The Labute approximate surface area is 33.1 Å². The summed E-state index contributed by atoms with van der Waals surface area (Å²) in [5.41, 5.74) is 4.96. The predicted molar refractivity (Wildman–Crippen MR) is 26.5 cm³/mol. The van der Waals surface area contributed by atoms with Crippen LogP contribution < -0.4 is 5.73 Å². The van der Waals surface area contributed by atoms with Crippen LogP contribution >= 0.6 is 0 Å². The molecule has 0 atom stereocenters. The van der Waals surface area contributed by atoms with Crippen molar-refractivity contribution in [3.8, 4) is 0 Å². The average Bonchev–Trinajstić information content (AvgIpc) is 1.41. The molecule has 0 aliphatic rings. The van der Waals surface area contributed by atoms with Crippen LogP contribution in [-0.4, -0.2) is 13.0 Å². The molecule has 0 fully saturated rings. The van der Waals surface area contributed by atoms with E-state index in [4.69, 9.17) is 5.73 Å². The molecule has 0 aliphatic heterocycles. The molecule has 0 aromatic rings. The van der Waals surface area contributed by atoms with Gasteiger partial charge in [0.25, 0.3) is 0 Å². The topological polar surface area (TPSA) is 26.0 Å². The molecule has 0 saturated heterocycles. The number of nitrogens with two attached hydrogens (primary N) is 1. The third-order valence-electron chi connectivity index (χ3n) is 0.372. The second-order valence-electron chi connectivity index (χ2n) is 0.836. The molecule has 0 saturated carbocycles. The van der Waals surface area contributed by atoms with Gasteiger partial charge in [-0.2, -0.15) is 0 Å². The van der Waals surface area contributed by atoms with Gasteiger partial charge in [-0.1, -0.05) is 0 Å².